The molecule has 23 heavy (non-hydrogen) atoms. The minimum Gasteiger partial charge on any atom is -0.346 e. The van der Waals surface area contributed by atoms with E-state index in [4.69, 9.17) is 5.26 Å². The predicted octanol–water partition coefficient (Wildman–Crippen LogP) is 1.43. The minimum atomic E-state index is -0.509. The van der Waals surface area contributed by atoms with Crippen molar-refractivity contribution in [1.29, 1.82) is 5.26 Å². The van der Waals surface area contributed by atoms with Crippen LogP contribution in [0.25, 0.3) is 22.3 Å². The van der Waals surface area contributed by atoms with Crippen molar-refractivity contribution in [2.45, 2.75) is 12.0 Å². The first-order chi connectivity index (χ1) is 11.3. The number of nitriles is 1. The van der Waals surface area contributed by atoms with Gasteiger partial charge >= 0.3 is 0 Å². The highest BCUT2D eigenvalue weighted by Crippen LogP contribution is 2.34. The quantitative estimate of drug-likeness (QED) is 0.729. The number of aromatic nitrogens is 5. The van der Waals surface area contributed by atoms with Gasteiger partial charge < -0.3 is 4.98 Å². The number of nitroso groups, excluding NO2 is 1. The van der Waals surface area contributed by atoms with Crippen LogP contribution in [0.2, 0.25) is 0 Å². The van der Waals surface area contributed by atoms with Crippen LogP contribution >= 0.6 is 0 Å². The van der Waals surface area contributed by atoms with Crippen LogP contribution < -0.4 is 0 Å². The number of hydrogen-bond acceptors (Lipinski definition) is 6. The zero-order valence-corrected chi connectivity index (χ0v) is 12.0. The molecule has 0 saturated carbocycles. The van der Waals surface area contributed by atoms with E-state index >= 15 is 0 Å². The molecule has 1 aliphatic rings. The highest BCUT2D eigenvalue weighted by atomic mass is 16.3. The number of rotatable bonds is 4. The van der Waals surface area contributed by atoms with Crippen LogP contribution in [-0.4, -0.2) is 42.8 Å². The Morgan fingerprint density at radius 3 is 3.09 bits per heavy atom. The molecule has 0 radical (unpaired) electrons. The summed E-state index contributed by atoms with van der Waals surface area (Å²) in [4.78, 5) is 22.2. The molecule has 0 aromatic carbocycles. The van der Waals surface area contributed by atoms with Crippen LogP contribution in [0.15, 0.2) is 36.3 Å². The lowest BCUT2D eigenvalue weighted by Crippen LogP contribution is -2.60. The molecule has 0 aliphatic carbocycles. The second kappa shape index (κ2) is 4.88. The molecule has 4 heterocycles. The number of H-pyrrole nitrogens is 1. The average Bonchev–Trinajstić information content (AvgIpc) is 3.18. The van der Waals surface area contributed by atoms with E-state index in [1.165, 1.54) is 11.3 Å². The standard InChI is InChI=1S/C14H12N8O/c15-3-2-14(7-21(8-14)20-23)22-6-10(5-19-22)12-11-1-4-16-13(11)18-9-17-12/h1,4-6,9H,2,7-8H2,(H,16,17,18). The molecule has 0 bridgehead atoms. The number of fused-ring (bicyclic) bond motifs is 1. The Morgan fingerprint density at radius 1 is 1.43 bits per heavy atom. The van der Waals surface area contributed by atoms with Crippen molar-refractivity contribution in [2.24, 2.45) is 5.29 Å². The van der Waals surface area contributed by atoms with Gasteiger partial charge in [0.15, 0.2) is 0 Å². The molecule has 114 valence electrons. The molecule has 3 aromatic rings. The Morgan fingerprint density at radius 2 is 2.30 bits per heavy atom. The molecule has 1 aliphatic heterocycles. The third kappa shape index (κ3) is 1.96. The summed E-state index contributed by atoms with van der Waals surface area (Å²) in [7, 11) is 0. The lowest BCUT2D eigenvalue weighted by atomic mass is 9.88. The van der Waals surface area contributed by atoms with Gasteiger partial charge in [0.2, 0.25) is 0 Å². The van der Waals surface area contributed by atoms with E-state index in [0.29, 0.717) is 13.1 Å². The predicted molar refractivity (Wildman–Crippen MR) is 80.7 cm³/mol. The minimum absolute atomic E-state index is 0.267. The molecule has 1 fully saturated rings. The molecule has 0 atom stereocenters. The Bertz CT molecular complexity index is 914. The zero-order valence-electron chi connectivity index (χ0n) is 12.0. The largest absolute Gasteiger partial charge is 0.346 e. The van der Waals surface area contributed by atoms with E-state index < -0.39 is 5.54 Å². The average molecular weight is 308 g/mol. The van der Waals surface area contributed by atoms with Crippen molar-refractivity contribution in [3.05, 3.63) is 35.9 Å². The molecule has 0 amide bonds. The summed E-state index contributed by atoms with van der Waals surface area (Å²) in [5.74, 6) is 0. The Hall–Kier alpha value is -3.28. The fourth-order valence-electron chi connectivity index (χ4n) is 2.98. The Kier molecular flexibility index (Phi) is 2.84. The van der Waals surface area contributed by atoms with Crippen molar-refractivity contribution in [2.75, 3.05) is 13.1 Å². The maximum atomic E-state index is 10.6. The van der Waals surface area contributed by atoms with Crippen molar-refractivity contribution in [1.82, 2.24) is 29.7 Å². The molecule has 0 unspecified atom stereocenters. The van der Waals surface area contributed by atoms with Crippen LogP contribution in [0.1, 0.15) is 6.42 Å². The summed E-state index contributed by atoms with van der Waals surface area (Å²) >= 11 is 0. The molecule has 9 heteroatoms. The Labute approximate surface area is 130 Å². The van der Waals surface area contributed by atoms with E-state index in [1.54, 1.807) is 10.9 Å². The highest BCUT2D eigenvalue weighted by Gasteiger charge is 2.46. The van der Waals surface area contributed by atoms with E-state index in [-0.39, 0.29) is 6.42 Å². The van der Waals surface area contributed by atoms with Gasteiger partial charge in [0.25, 0.3) is 0 Å². The fourth-order valence-corrected chi connectivity index (χ4v) is 2.98. The fraction of sp³-hybridized carbons (Fsp3) is 0.286. The molecular formula is C14H12N8O. The lowest BCUT2D eigenvalue weighted by Gasteiger charge is -2.45. The summed E-state index contributed by atoms with van der Waals surface area (Å²) in [6.45, 7) is 0.767. The van der Waals surface area contributed by atoms with Crippen molar-refractivity contribution in [3.63, 3.8) is 0 Å². The van der Waals surface area contributed by atoms with E-state index in [0.717, 1.165) is 22.3 Å². The topological polar surface area (TPSA) is 116 Å². The van der Waals surface area contributed by atoms with Crippen molar-refractivity contribution >= 4 is 11.0 Å². The summed E-state index contributed by atoms with van der Waals surface area (Å²) < 4.78 is 1.74. The highest BCUT2D eigenvalue weighted by molar-refractivity contribution is 5.89. The lowest BCUT2D eigenvalue weighted by molar-refractivity contribution is 0.00572. The summed E-state index contributed by atoms with van der Waals surface area (Å²) in [6, 6.07) is 4.08. The first-order valence-corrected chi connectivity index (χ1v) is 7.04. The third-order valence-corrected chi connectivity index (χ3v) is 4.17. The second-order valence-corrected chi connectivity index (χ2v) is 5.60. The molecule has 3 aromatic heterocycles. The van der Waals surface area contributed by atoms with E-state index in [2.05, 4.69) is 31.4 Å². The van der Waals surface area contributed by atoms with E-state index in [1.807, 2.05) is 18.5 Å². The number of aromatic amines is 1. The van der Waals surface area contributed by atoms with Gasteiger partial charge in [-0.3, -0.25) is 9.69 Å². The van der Waals surface area contributed by atoms with Crippen LogP contribution in [0.5, 0.6) is 0 Å². The Balaban J connectivity index is 1.73. The maximum Gasteiger partial charge on any atom is 0.141 e. The molecule has 4 rings (SSSR count). The molecule has 9 nitrogen and oxygen atoms in total. The van der Waals surface area contributed by atoms with Gasteiger partial charge in [-0.2, -0.15) is 10.4 Å². The van der Waals surface area contributed by atoms with Gasteiger partial charge in [-0.15, -0.1) is 4.91 Å². The van der Waals surface area contributed by atoms with Crippen LogP contribution in [0.4, 0.5) is 0 Å². The summed E-state index contributed by atoms with van der Waals surface area (Å²) in [5, 5.41) is 18.7. The van der Waals surface area contributed by atoms with Crippen molar-refractivity contribution < 1.29 is 0 Å². The molecular weight excluding hydrogens is 296 g/mol. The number of hydrogen-bond donors (Lipinski definition) is 1. The second-order valence-electron chi connectivity index (χ2n) is 5.60. The molecule has 1 N–H and O–H groups in total. The van der Waals surface area contributed by atoms with Crippen LogP contribution in [0.3, 0.4) is 0 Å². The molecule has 0 spiro atoms. The number of nitrogens with zero attached hydrogens (tertiary/aromatic N) is 7. The van der Waals surface area contributed by atoms with Crippen molar-refractivity contribution in [3.8, 4) is 17.3 Å². The SMILES string of the molecule is N#CCC1(n2cc(-c3ncnc4[nH]ccc34)cn2)CN(N=O)C1. The van der Waals surface area contributed by atoms with Crippen LogP contribution in [-0.2, 0) is 5.54 Å². The van der Waals surface area contributed by atoms with Crippen LogP contribution in [0, 0.1) is 16.2 Å². The normalized spacial score (nSPS) is 16.0. The number of nitrogens with one attached hydrogen (secondary N) is 1. The maximum absolute atomic E-state index is 10.6. The molecule has 1 saturated heterocycles. The summed E-state index contributed by atoms with van der Waals surface area (Å²) in [5.41, 5.74) is 1.87. The van der Waals surface area contributed by atoms with Gasteiger partial charge in [-0.25, -0.2) is 9.97 Å². The summed E-state index contributed by atoms with van der Waals surface area (Å²) in [6.07, 6.45) is 7.14. The smallest absolute Gasteiger partial charge is 0.141 e. The first-order valence-electron chi connectivity index (χ1n) is 7.04. The van der Waals surface area contributed by atoms with Gasteiger partial charge in [0, 0.05) is 23.3 Å². The van der Waals surface area contributed by atoms with Gasteiger partial charge in [-0.05, 0) is 6.07 Å². The first kappa shape index (κ1) is 13.4. The van der Waals surface area contributed by atoms with Gasteiger partial charge in [0.05, 0.1) is 42.8 Å². The third-order valence-electron chi connectivity index (χ3n) is 4.17. The van der Waals surface area contributed by atoms with Gasteiger partial charge in [0.1, 0.15) is 17.5 Å². The zero-order chi connectivity index (χ0) is 15.9. The van der Waals surface area contributed by atoms with Gasteiger partial charge in [-0.1, -0.05) is 0 Å². The monoisotopic (exact) mass is 308 g/mol. The van der Waals surface area contributed by atoms with E-state index in [9.17, 15) is 4.91 Å².